The Morgan fingerprint density at radius 1 is 1.24 bits per heavy atom. The van der Waals surface area contributed by atoms with Gasteiger partial charge in [-0.15, -0.1) is 0 Å². The molecule has 1 amide bonds. The first-order chi connectivity index (χ1) is 15.4. The molecule has 1 aromatic carbocycles. The molecule has 9 nitrogen and oxygen atoms in total. The van der Waals surface area contributed by atoms with Crippen LogP contribution in [0, 0.1) is 5.82 Å². The fourth-order valence-corrected chi connectivity index (χ4v) is 3.09. The zero-order chi connectivity index (χ0) is 24.8. The average Bonchev–Trinajstić information content (AvgIpc) is 2.70. The van der Waals surface area contributed by atoms with Crippen LogP contribution in [-0.4, -0.2) is 61.4 Å². The monoisotopic (exact) mass is 467 g/mol. The third kappa shape index (κ3) is 7.52. The number of halogens is 1. The molecular formula is C23H30FNO8. The summed E-state index contributed by atoms with van der Waals surface area (Å²) in [6.07, 6.45) is -1.66. The van der Waals surface area contributed by atoms with Crippen molar-refractivity contribution in [2.45, 2.75) is 65.3 Å². The molecule has 33 heavy (non-hydrogen) atoms. The van der Waals surface area contributed by atoms with Crippen LogP contribution >= 0.6 is 0 Å². The minimum atomic E-state index is -1.65. The molecule has 1 aliphatic heterocycles. The maximum absolute atomic E-state index is 14.3. The Hall–Kier alpha value is -3.01. The van der Waals surface area contributed by atoms with E-state index in [0.717, 1.165) is 25.5 Å². The summed E-state index contributed by atoms with van der Waals surface area (Å²) in [7, 11) is 0. The molecule has 0 bridgehead atoms. The number of esters is 3. The summed E-state index contributed by atoms with van der Waals surface area (Å²) in [4.78, 5) is 50.8. The molecule has 0 aliphatic carbocycles. The molecule has 0 spiro atoms. The molecule has 0 saturated carbocycles. The normalized spacial score (nSPS) is 17.3. The van der Waals surface area contributed by atoms with Crippen LogP contribution in [-0.2, 0) is 33.3 Å². The van der Waals surface area contributed by atoms with Crippen molar-refractivity contribution in [1.82, 2.24) is 0 Å². The molecule has 2 rings (SSSR count). The highest BCUT2D eigenvalue weighted by Gasteiger charge is 2.44. The number of nitrogens with zero attached hydrogens (tertiary/aromatic N) is 1. The summed E-state index contributed by atoms with van der Waals surface area (Å²) in [6, 6.07) is 3.42. The van der Waals surface area contributed by atoms with E-state index in [4.69, 9.17) is 18.9 Å². The van der Waals surface area contributed by atoms with Crippen molar-refractivity contribution >= 4 is 29.5 Å². The summed E-state index contributed by atoms with van der Waals surface area (Å²) < 4.78 is 35.2. The van der Waals surface area contributed by atoms with Gasteiger partial charge in [-0.2, -0.15) is 0 Å². The number of morpholine rings is 1. The molecule has 1 heterocycles. The predicted octanol–water partition coefficient (Wildman–Crippen LogP) is 2.79. The Kier molecular flexibility index (Phi) is 8.92. The fourth-order valence-electron chi connectivity index (χ4n) is 3.09. The van der Waals surface area contributed by atoms with Crippen LogP contribution in [0.2, 0.25) is 0 Å². The van der Waals surface area contributed by atoms with Gasteiger partial charge in [0.25, 0.3) is 5.91 Å². The van der Waals surface area contributed by atoms with E-state index in [-0.39, 0.29) is 31.0 Å². The minimum Gasteiger partial charge on any atom is -0.462 e. The smallest absolute Gasteiger partial charge is 0.351 e. The molecule has 1 aromatic rings. The summed E-state index contributed by atoms with van der Waals surface area (Å²) in [5.74, 6) is -3.95. The maximum Gasteiger partial charge on any atom is 0.351 e. The highest BCUT2D eigenvalue weighted by molar-refractivity contribution is 6.01. The molecule has 2 atom stereocenters. The van der Waals surface area contributed by atoms with E-state index >= 15 is 0 Å². The van der Waals surface area contributed by atoms with Crippen molar-refractivity contribution in [3.63, 3.8) is 0 Å². The van der Waals surface area contributed by atoms with E-state index in [1.54, 1.807) is 20.8 Å². The van der Waals surface area contributed by atoms with Crippen LogP contribution in [0.5, 0.6) is 0 Å². The number of hydrogen-bond donors (Lipinski definition) is 0. The van der Waals surface area contributed by atoms with Crippen molar-refractivity contribution in [2.75, 3.05) is 24.7 Å². The Morgan fingerprint density at radius 3 is 2.55 bits per heavy atom. The van der Waals surface area contributed by atoms with Gasteiger partial charge in [0.1, 0.15) is 11.4 Å². The number of amides is 1. The van der Waals surface area contributed by atoms with Gasteiger partial charge in [0, 0.05) is 19.2 Å². The zero-order valence-corrected chi connectivity index (χ0v) is 19.5. The Labute approximate surface area is 192 Å². The molecule has 0 radical (unpaired) electrons. The van der Waals surface area contributed by atoms with Crippen molar-refractivity contribution in [2.24, 2.45) is 0 Å². The van der Waals surface area contributed by atoms with Crippen LogP contribution in [0.3, 0.4) is 0 Å². The SMILES string of the molecule is CCCCOC(=O)c1cc(F)cc(N2CCO[C@H]([C@@H](OC(C)=O)C(=O)OC(C)(C)C)C2=O)c1. The number of unbranched alkanes of at least 4 members (excludes halogenated alkanes) is 1. The first-order valence-electron chi connectivity index (χ1n) is 10.7. The van der Waals surface area contributed by atoms with Gasteiger partial charge in [-0.05, 0) is 45.4 Å². The first-order valence-corrected chi connectivity index (χ1v) is 10.7. The summed E-state index contributed by atoms with van der Waals surface area (Å²) >= 11 is 0. The number of hydrogen-bond acceptors (Lipinski definition) is 8. The Bertz CT molecular complexity index is 895. The highest BCUT2D eigenvalue weighted by Crippen LogP contribution is 2.25. The number of benzene rings is 1. The van der Waals surface area contributed by atoms with E-state index in [9.17, 15) is 23.6 Å². The van der Waals surface area contributed by atoms with Gasteiger partial charge in [0.2, 0.25) is 6.10 Å². The number of anilines is 1. The van der Waals surface area contributed by atoms with E-state index in [1.165, 1.54) is 11.0 Å². The second kappa shape index (κ2) is 11.2. The molecule has 182 valence electrons. The van der Waals surface area contributed by atoms with Crippen molar-refractivity contribution in [3.05, 3.63) is 29.6 Å². The Morgan fingerprint density at radius 2 is 1.94 bits per heavy atom. The van der Waals surface area contributed by atoms with Crippen LogP contribution < -0.4 is 4.90 Å². The van der Waals surface area contributed by atoms with E-state index in [1.807, 2.05) is 6.92 Å². The summed E-state index contributed by atoms with van der Waals surface area (Å²) in [6.45, 7) is 8.10. The lowest BCUT2D eigenvalue weighted by atomic mass is 10.1. The van der Waals surface area contributed by atoms with Gasteiger partial charge >= 0.3 is 17.9 Å². The lowest BCUT2D eigenvalue weighted by Gasteiger charge is -2.35. The first kappa shape index (κ1) is 26.2. The minimum absolute atomic E-state index is 0.0240. The van der Waals surface area contributed by atoms with E-state index < -0.39 is 47.4 Å². The van der Waals surface area contributed by atoms with E-state index in [0.29, 0.717) is 6.42 Å². The average molecular weight is 467 g/mol. The number of carbonyl (C=O) groups is 4. The van der Waals surface area contributed by atoms with Gasteiger partial charge in [0.05, 0.1) is 18.8 Å². The van der Waals surface area contributed by atoms with Crippen LogP contribution in [0.1, 0.15) is 57.8 Å². The summed E-state index contributed by atoms with van der Waals surface area (Å²) in [5, 5.41) is 0. The number of ether oxygens (including phenoxy) is 4. The lowest BCUT2D eigenvalue weighted by Crippen LogP contribution is -2.56. The maximum atomic E-state index is 14.3. The molecule has 1 fully saturated rings. The number of rotatable bonds is 8. The molecule has 0 aromatic heterocycles. The lowest BCUT2D eigenvalue weighted by molar-refractivity contribution is -0.188. The second-order valence-corrected chi connectivity index (χ2v) is 8.53. The number of carbonyl (C=O) groups excluding carboxylic acids is 4. The topological polar surface area (TPSA) is 108 Å². The quantitative estimate of drug-likeness (QED) is 0.326. The van der Waals surface area contributed by atoms with Crippen LogP contribution in [0.25, 0.3) is 0 Å². The van der Waals surface area contributed by atoms with Gasteiger partial charge < -0.3 is 23.8 Å². The van der Waals surface area contributed by atoms with Gasteiger partial charge in [-0.25, -0.2) is 14.0 Å². The van der Waals surface area contributed by atoms with Crippen molar-refractivity contribution in [1.29, 1.82) is 0 Å². The van der Waals surface area contributed by atoms with Crippen LogP contribution in [0.4, 0.5) is 10.1 Å². The largest absolute Gasteiger partial charge is 0.462 e. The van der Waals surface area contributed by atoms with Gasteiger partial charge in [-0.3, -0.25) is 9.59 Å². The van der Waals surface area contributed by atoms with Gasteiger partial charge in [0.15, 0.2) is 6.10 Å². The van der Waals surface area contributed by atoms with Crippen LogP contribution in [0.15, 0.2) is 18.2 Å². The van der Waals surface area contributed by atoms with E-state index in [2.05, 4.69) is 0 Å². The Balaban J connectivity index is 2.30. The molecule has 0 N–H and O–H groups in total. The third-order valence-corrected chi connectivity index (χ3v) is 4.49. The van der Waals surface area contributed by atoms with Crippen molar-refractivity contribution < 1.29 is 42.5 Å². The standard InChI is InChI=1S/C23H30FNO8/c1-6-7-9-31-21(28)15-11-16(24)13-17(12-15)25-8-10-30-18(20(25)27)19(32-14(2)26)22(29)33-23(3,4)5/h11-13,18-19H,6-10H2,1-5H3/t18-,19-/m1/s1. The predicted molar refractivity (Wildman–Crippen MR) is 115 cm³/mol. The summed E-state index contributed by atoms with van der Waals surface area (Å²) in [5.41, 5.74) is -0.871. The molecule has 10 heteroatoms. The zero-order valence-electron chi connectivity index (χ0n) is 19.5. The molecule has 1 aliphatic rings. The second-order valence-electron chi connectivity index (χ2n) is 8.53. The third-order valence-electron chi connectivity index (χ3n) is 4.49. The highest BCUT2D eigenvalue weighted by atomic mass is 19.1. The molecule has 0 unspecified atom stereocenters. The van der Waals surface area contributed by atoms with Gasteiger partial charge in [-0.1, -0.05) is 13.3 Å². The van der Waals surface area contributed by atoms with Crippen molar-refractivity contribution in [3.8, 4) is 0 Å². The molecular weight excluding hydrogens is 437 g/mol. The molecule has 1 saturated heterocycles. The fraction of sp³-hybridized carbons (Fsp3) is 0.565.